The summed E-state index contributed by atoms with van der Waals surface area (Å²) in [6, 6.07) is 0. The van der Waals surface area contributed by atoms with Crippen molar-refractivity contribution in [3.63, 3.8) is 0 Å². The van der Waals surface area contributed by atoms with Crippen LogP contribution in [0.15, 0.2) is 0 Å². The normalized spacial score (nSPS) is 4.08. The Morgan fingerprint density at radius 2 is 0.447 bits per heavy atom. The summed E-state index contributed by atoms with van der Waals surface area (Å²) in [7, 11) is 0. The van der Waals surface area contributed by atoms with Crippen molar-refractivity contribution in [2.45, 2.75) is 49.0 Å². The molecule has 0 unspecified atom stereocenters. The molecule has 0 aromatic carbocycles. The number of rotatable bonds is 0. The van der Waals surface area contributed by atoms with Gasteiger partial charge < -0.3 is 0 Å². The van der Waals surface area contributed by atoms with Crippen molar-refractivity contribution >= 4 is 13.3 Å². The summed E-state index contributed by atoms with van der Waals surface area (Å²) in [6.45, 7) is 12.9. The predicted molar refractivity (Wildman–Crippen MR) is 66.0 cm³/mol. The fourth-order valence-corrected chi connectivity index (χ4v) is 0. The average Bonchev–Trinajstić information content (AvgIpc) is 2.34. The van der Waals surface area contributed by atoms with Gasteiger partial charge in [0.05, 0.1) is 0 Å². The molecule has 0 bridgehead atoms. The molecule has 26 heteroatoms. The van der Waals surface area contributed by atoms with E-state index < -0.39 is 0 Å². The molecular formula is C12H24NW25-3. The predicted octanol–water partition coefficient (Wildman–Crippen LogP) is 3.44. The molecule has 1 nitrogen and oxygen atoms in total. The first-order valence-electron chi connectivity index (χ1n) is 4.77. The second-order valence-electron chi connectivity index (χ2n) is 4.82. The van der Waals surface area contributed by atoms with E-state index in [0.29, 0.717) is 10.8 Å². The van der Waals surface area contributed by atoms with E-state index in [2.05, 4.69) is 50.3 Å². The Bertz CT molecular complexity index is 203. The van der Waals surface area contributed by atoms with Crippen LogP contribution in [-0.4, -0.2) is 13.3 Å². The summed E-state index contributed by atoms with van der Waals surface area (Å²) < 4.78 is 7.71. The summed E-state index contributed by atoms with van der Waals surface area (Å²) in [5.74, 6) is 0. The van der Waals surface area contributed by atoms with Crippen molar-refractivity contribution in [3.8, 4) is 0 Å². The molecule has 1 N–H and O–H groups in total. The van der Waals surface area contributed by atoms with Crippen molar-refractivity contribution < 1.29 is 502 Å². The number of hydrogen-bond donors (Lipinski definition) is 0. The third kappa shape index (κ3) is 273. The zero-order valence-corrected chi connectivity index (χ0v) is 92.6. The van der Waals surface area contributed by atoms with Crippen molar-refractivity contribution in [1.82, 2.24) is 0 Å². The first-order chi connectivity index (χ1) is 8.54. The molecule has 0 aliphatic heterocycles. The molecule has 0 aliphatic rings. The topological polar surface area (TPSA) is 23.8 Å². The van der Waals surface area contributed by atoms with Crippen LogP contribution < -0.4 is 0 Å². The summed E-state index contributed by atoms with van der Waals surface area (Å²) in [5.41, 5.74) is 6.78. The van der Waals surface area contributed by atoms with Gasteiger partial charge in [0.15, 0.2) is 0 Å². The van der Waals surface area contributed by atoms with Gasteiger partial charge in [-0.2, -0.15) is 0 Å². The van der Waals surface area contributed by atoms with Crippen molar-refractivity contribution in [1.29, 1.82) is 0 Å². The second-order valence-corrected chi connectivity index (χ2v) is 7.14. The van der Waals surface area contributed by atoms with E-state index in [1.165, 1.54) is 62.6 Å². The Labute approximate surface area is 565 Å². The molecule has 0 saturated heterocycles. The number of nitrogens with one attached hydrogen (secondary N) is 1. The third-order valence-corrected chi connectivity index (χ3v) is 5.01. The van der Waals surface area contributed by atoms with Gasteiger partial charge in [-0.3, -0.25) is 0 Å². The van der Waals surface area contributed by atoms with Crippen LogP contribution in [0.25, 0.3) is 5.73 Å². The minimum absolute atomic E-state index is 0. The summed E-state index contributed by atoms with van der Waals surface area (Å²) in [4.78, 5) is 0. The second kappa shape index (κ2) is 148. The Balaban J connectivity index is -0.00000000271. The van der Waals surface area contributed by atoms with Crippen molar-refractivity contribution in [2.24, 2.45) is 10.8 Å². The van der Waals surface area contributed by atoms with Crippen LogP contribution in [0.3, 0.4) is 0 Å². The molecule has 0 heterocycles. The zero-order chi connectivity index (χ0) is 17.1. The van der Waals surface area contributed by atoms with Gasteiger partial charge in [0.25, 0.3) is 0 Å². The van der Waals surface area contributed by atoms with Gasteiger partial charge in [0.2, 0.25) is 0 Å². The molecule has 0 amide bonds. The molecule has 0 spiro atoms. The van der Waals surface area contributed by atoms with E-state index in [1.807, 2.05) is 0 Å². The molecule has 0 atom stereocenters. The molecule has 38 heavy (non-hydrogen) atoms. The maximum atomic E-state index is 6.12. The van der Waals surface area contributed by atoms with E-state index in [0.717, 1.165) is 0 Å². The van der Waals surface area contributed by atoms with Crippen molar-refractivity contribution in [3.05, 3.63) is 5.73 Å². The summed E-state index contributed by atoms with van der Waals surface area (Å²) >= 11 is 10.8. The SMILES string of the molecule is C.CC(C)(C)[C-]=[W].CC(C)(C)[C-]=[W].[NH-][CH]=[W].[W].[W].[W].[W].[W].[W].[W].[W].[W].[W].[W].[W].[W].[W].[W].[W].[W].[W].[W]=[W].[W]=[W]. The number of hydrogen-bond acceptors (Lipinski definition) is 0. The fourth-order valence-electron chi connectivity index (χ4n) is 0. The van der Waals surface area contributed by atoms with Gasteiger partial charge in [-0.25, -0.2) is 0 Å². The Kier molecular flexibility index (Phi) is 653. The molecular weight excluding hydrogens is 4750 g/mol. The van der Waals surface area contributed by atoms with Gasteiger partial charge in [-0.1, -0.05) is 7.43 Å². The molecule has 0 rings (SSSR count). The third-order valence-electron chi connectivity index (χ3n) is 0.612. The van der Waals surface area contributed by atoms with Gasteiger partial charge >= 0.3 is 194 Å². The Hall–Kier alpha value is 16.8. The average molecular weight is 4780 g/mol. The molecule has 0 saturated carbocycles. The van der Waals surface area contributed by atoms with E-state index >= 15 is 0 Å². The Morgan fingerprint density at radius 1 is 0.421 bits per heavy atom. The van der Waals surface area contributed by atoms with Crippen LogP contribution in [0.2, 0.25) is 0 Å². The molecule has 0 aromatic rings. The standard InChI is InChI=1S/2C5H9.CH2N.CH4.25W/c2*1-5(2,3)4;1-2;;;;;;;;;;;;;;;;;;;;;;;;;;/h2*1-3H3;1-2H;1H4;;;;;;;;;;;;;;;;;;;;;;;;;/q3*-1;;;;;;;;;;;;;;;;;;;;;;;;;;. The van der Waals surface area contributed by atoms with E-state index in [4.69, 9.17) is 5.73 Å². The monoisotopic (exact) mass is 4780 g/mol. The first-order valence-corrected chi connectivity index (χ1v) is 31.4. The van der Waals surface area contributed by atoms with Gasteiger partial charge in [-0.05, 0) is 0 Å². The molecule has 230 valence electrons. The fraction of sp³-hybridized carbons (Fsp3) is 0.750. The molecule has 0 radical (unpaired) electrons. The van der Waals surface area contributed by atoms with Crippen LogP contribution in [0.5, 0.6) is 0 Å². The van der Waals surface area contributed by atoms with E-state index in [1.54, 1.807) is 64.9 Å². The van der Waals surface area contributed by atoms with Gasteiger partial charge in [-0.15, -0.1) is 0 Å². The molecule has 0 fully saturated rings. The molecule has 0 aromatic heterocycles. The summed E-state index contributed by atoms with van der Waals surface area (Å²) in [6.07, 6.45) is 0. The van der Waals surface area contributed by atoms with Gasteiger partial charge in [0, 0.05) is 379 Å². The summed E-state index contributed by atoms with van der Waals surface area (Å²) in [5, 5.41) is 0. The van der Waals surface area contributed by atoms with E-state index in [9.17, 15) is 0 Å². The van der Waals surface area contributed by atoms with Crippen molar-refractivity contribution in [2.75, 3.05) is 0 Å². The first kappa shape index (κ1) is 167. The van der Waals surface area contributed by atoms with Crippen LogP contribution >= 0.6 is 0 Å². The van der Waals surface area contributed by atoms with Crippen LogP contribution in [-0.2, 0) is 502 Å². The Morgan fingerprint density at radius 3 is 0.447 bits per heavy atom. The van der Waals surface area contributed by atoms with Gasteiger partial charge in [0.1, 0.15) is 0 Å². The van der Waals surface area contributed by atoms with Crippen LogP contribution in [0.4, 0.5) is 0 Å². The molecule has 0 aliphatic carbocycles. The minimum atomic E-state index is 0. The van der Waals surface area contributed by atoms with Crippen LogP contribution in [0.1, 0.15) is 49.0 Å². The quantitative estimate of drug-likeness (QED) is 0.333. The van der Waals surface area contributed by atoms with Crippen LogP contribution in [0, 0.1) is 10.8 Å². The zero-order valence-electron chi connectivity index (χ0n) is 19.3. The maximum absolute atomic E-state index is 6.12. The van der Waals surface area contributed by atoms with E-state index in [-0.39, 0.29) is 387 Å².